The molecule has 280 valence electrons. The zero-order valence-corrected chi connectivity index (χ0v) is 32.2. The van der Waals surface area contributed by atoms with Crippen molar-refractivity contribution < 1.29 is 18.9 Å². The minimum Gasteiger partial charge on any atom is -0.457 e. The smallest absolute Gasteiger partial charge is 0.127 e. The number of benzene rings is 8. The van der Waals surface area contributed by atoms with Gasteiger partial charge in [-0.2, -0.15) is 0 Å². The summed E-state index contributed by atoms with van der Waals surface area (Å²) >= 11 is 0. The Morgan fingerprint density at radius 3 is 0.509 bits per heavy atom. The highest BCUT2D eigenvalue weighted by molar-refractivity contribution is 5.42. The number of ether oxygens (including phenoxy) is 4. The van der Waals surface area contributed by atoms with Gasteiger partial charge in [0.25, 0.3) is 0 Å². The van der Waals surface area contributed by atoms with Gasteiger partial charge in [-0.05, 0) is 164 Å². The van der Waals surface area contributed by atoms with Gasteiger partial charge in [0.1, 0.15) is 46.0 Å². The van der Waals surface area contributed by atoms with Gasteiger partial charge in [-0.15, -0.1) is 0 Å². The van der Waals surface area contributed by atoms with Crippen LogP contribution >= 0.6 is 0 Å². The van der Waals surface area contributed by atoms with E-state index in [4.69, 9.17) is 18.9 Å². The van der Waals surface area contributed by atoms with E-state index >= 15 is 0 Å². The van der Waals surface area contributed by atoms with Gasteiger partial charge >= 0.3 is 0 Å². The summed E-state index contributed by atoms with van der Waals surface area (Å²) in [5.41, 5.74) is 9.75. The molecule has 0 amide bonds. The molecule has 8 rings (SSSR count). The summed E-state index contributed by atoms with van der Waals surface area (Å²) in [5, 5.41) is 0. The van der Waals surface area contributed by atoms with E-state index in [2.05, 4.69) is 111 Å². The number of rotatable bonds is 14. The van der Waals surface area contributed by atoms with E-state index < -0.39 is 0 Å². The van der Waals surface area contributed by atoms with Crippen LogP contribution in [0.5, 0.6) is 46.0 Å². The maximum absolute atomic E-state index is 6.17. The molecule has 8 aromatic rings. The predicted octanol–water partition coefficient (Wildman–Crippen LogP) is 14.2. The summed E-state index contributed by atoms with van der Waals surface area (Å²) in [5.74, 6) is 6.60. The first-order chi connectivity index (χ1) is 27.9. The lowest BCUT2D eigenvalue weighted by atomic mass is 10.0. The molecule has 0 aliphatic carbocycles. The second-order valence-electron chi connectivity index (χ2n) is 14.4. The van der Waals surface area contributed by atoms with E-state index in [9.17, 15) is 0 Å². The molecule has 0 fully saturated rings. The largest absolute Gasteiger partial charge is 0.457 e. The molecule has 4 nitrogen and oxygen atoms in total. The van der Waals surface area contributed by atoms with Crippen molar-refractivity contribution in [2.75, 3.05) is 0 Å². The molecular formula is C53H44O4. The Morgan fingerprint density at radius 1 is 0.211 bits per heavy atom. The third-order valence-corrected chi connectivity index (χ3v) is 9.75. The summed E-state index contributed by atoms with van der Waals surface area (Å²) in [6.45, 7) is 4.14. The van der Waals surface area contributed by atoms with Crippen molar-refractivity contribution in [2.24, 2.45) is 0 Å². The SMILES string of the molecule is Cc1ccc(Oc2ccc(Cc3ccc(Oc4ccc(Cc5ccc(Oc6ccc(Cc7ccc(Oc8ccc(C)cc8)cc7)cc6)cc5)cc4)cc3)cc2)cc1. The standard InChI is InChI=1S/C53H44O4/c1-38-3-19-46(20-4-38)54-48-23-7-40(8-24-48)35-42-11-27-50(28-12-42)56-52-31-15-44(16-32-52)37-45-17-33-53(34-18-45)57-51-29-13-43(14-30-51)36-41-9-25-49(26-10-41)55-47-21-5-39(2)6-22-47/h3-34H,35-37H2,1-2H3. The fourth-order valence-electron chi connectivity index (χ4n) is 6.52. The molecule has 0 heterocycles. The van der Waals surface area contributed by atoms with Crippen LogP contribution in [0.3, 0.4) is 0 Å². The number of aryl methyl sites for hydroxylation is 2. The molecule has 0 aliphatic heterocycles. The predicted molar refractivity (Wildman–Crippen MR) is 230 cm³/mol. The minimum absolute atomic E-state index is 0.812. The Morgan fingerprint density at radius 2 is 0.351 bits per heavy atom. The fraction of sp³-hybridized carbons (Fsp3) is 0.0943. The molecule has 0 radical (unpaired) electrons. The Labute approximate surface area is 335 Å². The Hall–Kier alpha value is -7.04. The molecule has 0 saturated heterocycles. The van der Waals surface area contributed by atoms with Gasteiger partial charge < -0.3 is 18.9 Å². The third kappa shape index (κ3) is 10.6. The molecule has 57 heavy (non-hydrogen) atoms. The van der Waals surface area contributed by atoms with Gasteiger partial charge in [0.15, 0.2) is 0 Å². The summed E-state index contributed by atoms with van der Waals surface area (Å²) in [6.07, 6.45) is 2.49. The van der Waals surface area contributed by atoms with Crippen molar-refractivity contribution in [3.63, 3.8) is 0 Å². The lowest BCUT2D eigenvalue weighted by Crippen LogP contribution is -1.92. The van der Waals surface area contributed by atoms with Gasteiger partial charge in [0.2, 0.25) is 0 Å². The molecule has 0 aliphatic rings. The highest BCUT2D eigenvalue weighted by Crippen LogP contribution is 2.28. The minimum atomic E-state index is 0.812. The third-order valence-electron chi connectivity index (χ3n) is 9.75. The van der Waals surface area contributed by atoms with Crippen molar-refractivity contribution in [3.8, 4) is 46.0 Å². The summed E-state index contributed by atoms with van der Waals surface area (Å²) in [4.78, 5) is 0. The molecule has 0 unspecified atom stereocenters. The van der Waals surface area contributed by atoms with Crippen LogP contribution in [0.4, 0.5) is 0 Å². The van der Waals surface area contributed by atoms with Crippen LogP contribution in [0.2, 0.25) is 0 Å². The molecule has 0 bridgehead atoms. The van der Waals surface area contributed by atoms with Crippen LogP contribution < -0.4 is 18.9 Å². The van der Waals surface area contributed by atoms with E-state index in [1.165, 1.54) is 44.5 Å². The quantitative estimate of drug-likeness (QED) is 0.111. The van der Waals surface area contributed by atoms with E-state index in [0.29, 0.717) is 0 Å². The highest BCUT2D eigenvalue weighted by Gasteiger charge is 2.06. The molecule has 8 aromatic carbocycles. The molecular weight excluding hydrogens is 701 g/mol. The van der Waals surface area contributed by atoms with E-state index in [0.717, 1.165) is 65.3 Å². The van der Waals surface area contributed by atoms with Crippen molar-refractivity contribution in [1.82, 2.24) is 0 Å². The maximum Gasteiger partial charge on any atom is 0.127 e. The topological polar surface area (TPSA) is 36.9 Å². The van der Waals surface area contributed by atoms with Crippen LogP contribution in [-0.2, 0) is 19.3 Å². The summed E-state index contributed by atoms with van der Waals surface area (Å²) < 4.78 is 24.3. The first-order valence-electron chi connectivity index (χ1n) is 19.3. The van der Waals surface area contributed by atoms with Gasteiger partial charge in [-0.25, -0.2) is 0 Å². The van der Waals surface area contributed by atoms with Crippen molar-refractivity contribution in [1.29, 1.82) is 0 Å². The van der Waals surface area contributed by atoms with Gasteiger partial charge in [-0.1, -0.05) is 108 Å². The van der Waals surface area contributed by atoms with Crippen LogP contribution in [-0.4, -0.2) is 0 Å². The van der Waals surface area contributed by atoms with Crippen LogP contribution in [0.15, 0.2) is 194 Å². The first-order valence-corrected chi connectivity index (χ1v) is 19.3. The average Bonchev–Trinajstić information content (AvgIpc) is 3.24. The maximum atomic E-state index is 6.17. The zero-order chi connectivity index (χ0) is 38.8. The number of hydrogen-bond donors (Lipinski definition) is 0. The van der Waals surface area contributed by atoms with Crippen LogP contribution in [0.25, 0.3) is 0 Å². The first kappa shape index (κ1) is 36.9. The molecule has 0 atom stereocenters. The van der Waals surface area contributed by atoms with Crippen molar-refractivity contribution >= 4 is 0 Å². The van der Waals surface area contributed by atoms with Gasteiger partial charge in [0.05, 0.1) is 0 Å². The zero-order valence-electron chi connectivity index (χ0n) is 32.2. The second kappa shape index (κ2) is 17.6. The molecule has 0 aromatic heterocycles. The van der Waals surface area contributed by atoms with E-state index in [-0.39, 0.29) is 0 Å². The van der Waals surface area contributed by atoms with Crippen LogP contribution in [0, 0.1) is 13.8 Å². The average molecular weight is 745 g/mol. The Bertz CT molecular complexity index is 2290. The fourth-order valence-corrected chi connectivity index (χ4v) is 6.52. The summed E-state index contributed by atoms with van der Waals surface area (Å²) in [6, 6.07) is 65.9. The van der Waals surface area contributed by atoms with Crippen molar-refractivity contribution in [2.45, 2.75) is 33.1 Å². The molecule has 0 saturated carbocycles. The number of hydrogen-bond acceptors (Lipinski definition) is 4. The molecule has 0 spiro atoms. The monoisotopic (exact) mass is 744 g/mol. The Balaban J connectivity index is 0.775. The van der Waals surface area contributed by atoms with Gasteiger partial charge in [0, 0.05) is 0 Å². The molecule has 0 N–H and O–H groups in total. The second-order valence-corrected chi connectivity index (χ2v) is 14.4. The van der Waals surface area contributed by atoms with Crippen molar-refractivity contribution in [3.05, 3.63) is 239 Å². The lowest BCUT2D eigenvalue weighted by molar-refractivity contribution is 0.482. The van der Waals surface area contributed by atoms with Crippen LogP contribution in [0.1, 0.15) is 44.5 Å². The highest BCUT2D eigenvalue weighted by atomic mass is 16.5. The Kier molecular flexibility index (Phi) is 11.4. The normalized spacial score (nSPS) is 10.8. The lowest BCUT2D eigenvalue weighted by Gasteiger charge is -2.10. The summed E-state index contributed by atoms with van der Waals surface area (Å²) in [7, 11) is 0. The molecule has 4 heteroatoms. The van der Waals surface area contributed by atoms with E-state index in [1.807, 2.05) is 97.1 Å². The van der Waals surface area contributed by atoms with Gasteiger partial charge in [-0.3, -0.25) is 0 Å². The van der Waals surface area contributed by atoms with E-state index in [1.54, 1.807) is 0 Å².